The number of benzene rings is 2. The molecule has 1 N–H and O–H groups in total. The molecular weight excluding hydrogens is 538 g/mol. The topological polar surface area (TPSA) is 98.1 Å². The van der Waals surface area contributed by atoms with Crippen LogP contribution in [0.3, 0.4) is 0 Å². The molecule has 3 atom stereocenters. The largest absolute Gasteiger partial charge is 0.485 e. The summed E-state index contributed by atoms with van der Waals surface area (Å²) in [7, 11) is -3.66. The minimum absolute atomic E-state index is 0.107. The molecule has 0 saturated heterocycles. The van der Waals surface area contributed by atoms with Crippen LogP contribution in [0.5, 0.6) is 5.75 Å². The number of rotatable bonds is 14. The van der Waals surface area contributed by atoms with Gasteiger partial charge in [0, 0.05) is 12.2 Å². The second-order valence-corrected chi connectivity index (χ2v) is 12.4. The number of nitrogens with one attached hydrogen (secondary N) is 1. The Hall–Kier alpha value is -3.31. The van der Waals surface area contributed by atoms with E-state index in [1.807, 2.05) is 79.0 Å². The first-order valence-electron chi connectivity index (χ1n) is 14.4. The van der Waals surface area contributed by atoms with E-state index in [4.69, 9.17) is 9.47 Å². The third-order valence-electron chi connectivity index (χ3n) is 7.80. The molecule has 0 radical (unpaired) electrons. The van der Waals surface area contributed by atoms with E-state index in [1.165, 1.54) is 0 Å². The minimum Gasteiger partial charge on any atom is -0.485 e. The highest BCUT2D eigenvalue weighted by atomic mass is 32.2. The molecule has 0 aliphatic heterocycles. The average molecular weight is 578 g/mol. The molecule has 0 spiro atoms. The van der Waals surface area contributed by atoms with Crippen molar-refractivity contribution in [1.82, 2.24) is 24.2 Å². The van der Waals surface area contributed by atoms with Crippen molar-refractivity contribution in [2.75, 3.05) is 19.7 Å². The molecule has 10 heteroatoms. The first kappa shape index (κ1) is 29.2. The molecule has 1 aliphatic rings. The molecule has 1 fully saturated rings. The smallest absolute Gasteiger partial charge is 0.215 e. The highest BCUT2D eigenvalue weighted by Crippen LogP contribution is 2.30. The number of sulfonamides is 1. The van der Waals surface area contributed by atoms with Gasteiger partial charge < -0.3 is 14.4 Å². The van der Waals surface area contributed by atoms with Gasteiger partial charge in [-0.2, -0.15) is 0 Å². The summed E-state index contributed by atoms with van der Waals surface area (Å²) in [6.07, 6.45) is 3.95. The number of hydrogen-bond acceptors (Lipinski definition) is 7. The van der Waals surface area contributed by atoms with Crippen LogP contribution in [0.1, 0.15) is 56.1 Å². The van der Waals surface area contributed by atoms with Crippen LogP contribution >= 0.6 is 0 Å². The van der Waals surface area contributed by atoms with E-state index in [-0.39, 0.29) is 12.6 Å². The lowest BCUT2D eigenvalue weighted by atomic mass is 10.2. The Morgan fingerprint density at radius 3 is 2.29 bits per heavy atom. The highest BCUT2D eigenvalue weighted by Gasteiger charge is 2.38. The lowest BCUT2D eigenvalue weighted by Crippen LogP contribution is -2.40. The van der Waals surface area contributed by atoms with Crippen LogP contribution in [0.15, 0.2) is 79.0 Å². The van der Waals surface area contributed by atoms with Crippen LogP contribution in [-0.2, 0) is 28.0 Å². The molecule has 3 unspecified atom stereocenters. The van der Waals surface area contributed by atoms with Gasteiger partial charge in [-0.15, -0.1) is 10.2 Å². The standard InChI is InChI=1S/C31H39N5O4S/c1-3-35(4-2)26-17-18-27(20-26)41(37,38)34-28(23-39-21-24-12-7-5-8-13-24)30-32-33-31-29(16-11-19-36(30)31)40-22-25-14-9-6-10-15-25/h5-16,19,26-28,34H,3-4,17-18,20-23H2,1-2H3. The number of nitrogens with zero attached hydrogens (tertiary/aromatic N) is 4. The summed E-state index contributed by atoms with van der Waals surface area (Å²) < 4.78 is 44.3. The summed E-state index contributed by atoms with van der Waals surface area (Å²) in [5.41, 5.74) is 2.57. The van der Waals surface area contributed by atoms with E-state index in [0.29, 0.717) is 43.3 Å². The van der Waals surface area contributed by atoms with Crippen LogP contribution in [0.2, 0.25) is 0 Å². The molecule has 2 aromatic heterocycles. The van der Waals surface area contributed by atoms with Gasteiger partial charge >= 0.3 is 0 Å². The van der Waals surface area contributed by atoms with Crippen molar-refractivity contribution in [2.45, 2.75) is 63.7 Å². The van der Waals surface area contributed by atoms with Crippen molar-refractivity contribution in [3.63, 3.8) is 0 Å². The van der Waals surface area contributed by atoms with E-state index in [2.05, 4.69) is 33.7 Å². The molecule has 218 valence electrons. The Kier molecular flexibility index (Phi) is 9.66. The third-order valence-corrected chi connectivity index (χ3v) is 9.72. The zero-order valence-electron chi connectivity index (χ0n) is 23.7. The Balaban J connectivity index is 1.37. The second-order valence-electron chi connectivity index (χ2n) is 10.4. The van der Waals surface area contributed by atoms with Gasteiger partial charge in [-0.25, -0.2) is 13.1 Å². The van der Waals surface area contributed by atoms with Gasteiger partial charge in [0.15, 0.2) is 11.6 Å². The predicted octanol–water partition coefficient (Wildman–Crippen LogP) is 4.75. The van der Waals surface area contributed by atoms with Gasteiger partial charge in [0.1, 0.15) is 12.6 Å². The van der Waals surface area contributed by atoms with E-state index < -0.39 is 21.3 Å². The summed E-state index contributed by atoms with van der Waals surface area (Å²) in [5, 5.41) is 8.36. The third kappa shape index (κ3) is 7.13. The normalized spacial score (nSPS) is 18.2. The molecule has 0 amide bonds. The summed E-state index contributed by atoms with van der Waals surface area (Å²) in [6, 6.07) is 23.0. The lowest BCUT2D eigenvalue weighted by Gasteiger charge is -2.26. The zero-order chi connectivity index (χ0) is 28.7. The van der Waals surface area contributed by atoms with Crippen LogP contribution in [0.25, 0.3) is 5.65 Å². The molecule has 1 saturated carbocycles. The predicted molar refractivity (Wildman–Crippen MR) is 159 cm³/mol. The monoisotopic (exact) mass is 577 g/mol. The Morgan fingerprint density at radius 2 is 1.61 bits per heavy atom. The van der Waals surface area contributed by atoms with Crippen LogP contribution in [-0.4, -0.2) is 58.9 Å². The van der Waals surface area contributed by atoms with E-state index >= 15 is 0 Å². The average Bonchev–Trinajstić information content (AvgIpc) is 3.66. The van der Waals surface area contributed by atoms with Gasteiger partial charge in [0.25, 0.3) is 0 Å². The quantitative estimate of drug-likeness (QED) is 0.231. The maximum Gasteiger partial charge on any atom is 0.215 e. The molecule has 9 nitrogen and oxygen atoms in total. The summed E-state index contributed by atoms with van der Waals surface area (Å²) in [5.74, 6) is 1.03. The number of ether oxygens (including phenoxy) is 2. The van der Waals surface area contributed by atoms with Crippen molar-refractivity contribution in [2.24, 2.45) is 0 Å². The number of pyridine rings is 1. The SMILES string of the molecule is CCN(CC)C1CCC(S(=O)(=O)NC(COCc2ccccc2)c2nnc3c(OCc4ccccc4)cccn23)C1. The number of hydrogen-bond donors (Lipinski definition) is 1. The lowest BCUT2D eigenvalue weighted by molar-refractivity contribution is 0.102. The zero-order valence-corrected chi connectivity index (χ0v) is 24.5. The second kappa shape index (κ2) is 13.6. The molecule has 1 aliphatic carbocycles. The molecule has 0 bridgehead atoms. The van der Waals surface area contributed by atoms with Crippen molar-refractivity contribution in [3.05, 3.63) is 95.9 Å². The van der Waals surface area contributed by atoms with Gasteiger partial charge in [0.2, 0.25) is 15.7 Å². The maximum atomic E-state index is 13.7. The molecule has 4 aromatic rings. The summed E-state index contributed by atoms with van der Waals surface area (Å²) in [6.45, 7) is 6.92. The Labute approximate surface area is 242 Å². The van der Waals surface area contributed by atoms with Crippen molar-refractivity contribution in [3.8, 4) is 5.75 Å². The highest BCUT2D eigenvalue weighted by molar-refractivity contribution is 7.90. The first-order chi connectivity index (χ1) is 20.0. The van der Waals surface area contributed by atoms with Crippen LogP contribution < -0.4 is 9.46 Å². The van der Waals surface area contributed by atoms with Crippen molar-refractivity contribution in [1.29, 1.82) is 0 Å². The van der Waals surface area contributed by atoms with Gasteiger partial charge in [0.05, 0.1) is 18.5 Å². The van der Waals surface area contributed by atoms with E-state index in [9.17, 15) is 8.42 Å². The van der Waals surface area contributed by atoms with Crippen molar-refractivity contribution >= 4 is 15.7 Å². The fraction of sp³-hybridized carbons (Fsp3) is 0.419. The Bertz CT molecular complexity index is 1490. The molecule has 2 heterocycles. The summed E-state index contributed by atoms with van der Waals surface area (Å²) in [4.78, 5) is 2.35. The van der Waals surface area contributed by atoms with Gasteiger partial charge in [-0.1, -0.05) is 74.5 Å². The number of fused-ring (bicyclic) bond motifs is 1. The fourth-order valence-electron chi connectivity index (χ4n) is 5.59. The molecule has 5 rings (SSSR count). The van der Waals surface area contributed by atoms with Gasteiger partial charge in [-0.05, 0) is 55.6 Å². The van der Waals surface area contributed by atoms with Gasteiger partial charge in [-0.3, -0.25) is 4.40 Å². The molecule has 41 heavy (non-hydrogen) atoms. The molecular formula is C31H39N5O4S. The van der Waals surface area contributed by atoms with Crippen LogP contribution in [0, 0.1) is 0 Å². The van der Waals surface area contributed by atoms with E-state index in [0.717, 1.165) is 30.6 Å². The minimum atomic E-state index is -3.66. The number of aromatic nitrogens is 3. The Morgan fingerprint density at radius 1 is 0.927 bits per heavy atom. The fourth-order valence-corrected chi connectivity index (χ4v) is 7.27. The molecule has 2 aromatic carbocycles. The van der Waals surface area contributed by atoms with Crippen molar-refractivity contribution < 1.29 is 17.9 Å². The van der Waals surface area contributed by atoms with Crippen LogP contribution in [0.4, 0.5) is 0 Å². The van der Waals surface area contributed by atoms with E-state index in [1.54, 1.807) is 4.40 Å². The summed E-state index contributed by atoms with van der Waals surface area (Å²) >= 11 is 0. The maximum absolute atomic E-state index is 13.7. The first-order valence-corrected chi connectivity index (χ1v) is 15.9.